The van der Waals surface area contributed by atoms with E-state index in [0.717, 1.165) is 30.9 Å². The Morgan fingerprint density at radius 3 is 2.86 bits per heavy atom. The predicted octanol–water partition coefficient (Wildman–Crippen LogP) is 2.21. The van der Waals surface area contributed by atoms with Gasteiger partial charge in [0.15, 0.2) is 0 Å². The number of benzene rings is 1. The molecule has 0 spiro atoms. The lowest BCUT2D eigenvalue weighted by molar-refractivity contribution is -0.117. The lowest BCUT2D eigenvalue weighted by atomic mass is 10.1. The summed E-state index contributed by atoms with van der Waals surface area (Å²) in [6, 6.07) is 6.14. The average Bonchev–Trinajstić information content (AvgIpc) is 2.81. The van der Waals surface area contributed by atoms with Gasteiger partial charge in [-0.25, -0.2) is 0 Å². The minimum Gasteiger partial charge on any atom is -0.325 e. The van der Waals surface area contributed by atoms with Gasteiger partial charge in [-0.05, 0) is 63.5 Å². The van der Waals surface area contributed by atoms with E-state index in [0.29, 0.717) is 12.5 Å². The first-order valence-electron chi connectivity index (χ1n) is 7.32. The Morgan fingerprint density at radius 1 is 1.38 bits per heavy atom. The van der Waals surface area contributed by atoms with Crippen molar-refractivity contribution in [3.05, 3.63) is 29.3 Å². The normalized spacial score (nSPS) is 18.3. The van der Waals surface area contributed by atoms with Gasteiger partial charge in [-0.3, -0.25) is 9.69 Å². The Morgan fingerprint density at radius 2 is 2.14 bits per heavy atom. The van der Waals surface area contributed by atoms with Gasteiger partial charge in [0.25, 0.3) is 0 Å². The van der Waals surface area contributed by atoms with Gasteiger partial charge in [0.2, 0.25) is 5.91 Å². The van der Waals surface area contributed by atoms with Crippen LogP contribution in [0, 0.1) is 19.8 Å². The molecule has 4 nitrogen and oxygen atoms in total. The van der Waals surface area contributed by atoms with Crippen molar-refractivity contribution >= 4 is 24.0 Å². The van der Waals surface area contributed by atoms with Crippen LogP contribution in [-0.2, 0) is 4.79 Å². The number of likely N-dealkylation sites (tertiary alicyclic amines) is 1. The van der Waals surface area contributed by atoms with E-state index >= 15 is 0 Å². The van der Waals surface area contributed by atoms with Crippen molar-refractivity contribution in [2.45, 2.75) is 20.3 Å². The Bertz CT molecular complexity index is 479. The fourth-order valence-corrected chi connectivity index (χ4v) is 2.78. The maximum Gasteiger partial charge on any atom is 0.238 e. The molecule has 1 heterocycles. The van der Waals surface area contributed by atoms with E-state index in [-0.39, 0.29) is 18.3 Å². The Balaban J connectivity index is 0.00000220. The molecule has 118 valence electrons. The number of hydrogen-bond acceptors (Lipinski definition) is 3. The van der Waals surface area contributed by atoms with Crippen molar-refractivity contribution < 1.29 is 4.79 Å². The molecule has 1 unspecified atom stereocenters. The third kappa shape index (κ3) is 5.30. The molecule has 0 aromatic heterocycles. The lowest BCUT2D eigenvalue weighted by Crippen LogP contribution is -2.32. The van der Waals surface area contributed by atoms with E-state index in [4.69, 9.17) is 0 Å². The van der Waals surface area contributed by atoms with Crippen molar-refractivity contribution in [2.24, 2.45) is 5.92 Å². The maximum absolute atomic E-state index is 12.1. The molecule has 21 heavy (non-hydrogen) atoms. The van der Waals surface area contributed by atoms with Crippen LogP contribution in [-0.4, -0.2) is 44.0 Å². The fraction of sp³-hybridized carbons (Fsp3) is 0.562. The summed E-state index contributed by atoms with van der Waals surface area (Å²) in [4.78, 5) is 14.4. The van der Waals surface area contributed by atoms with Gasteiger partial charge < -0.3 is 10.6 Å². The van der Waals surface area contributed by atoms with Crippen molar-refractivity contribution in [3.63, 3.8) is 0 Å². The van der Waals surface area contributed by atoms with Gasteiger partial charge in [-0.2, -0.15) is 0 Å². The van der Waals surface area contributed by atoms with Gasteiger partial charge in [-0.1, -0.05) is 12.1 Å². The summed E-state index contributed by atoms with van der Waals surface area (Å²) in [5.74, 6) is 0.761. The number of anilines is 1. The molecule has 0 saturated carbocycles. The standard InChI is InChI=1S/C16H25N3O.ClH/c1-12-4-5-13(2)15(8-12)18-16(20)11-19-7-6-14(10-19)9-17-3;/h4-5,8,14,17H,6-7,9-11H2,1-3H3,(H,18,20);1H. The second-order valence-corrected chi connectivity index (χ2v) is 5.81. The molecule has 2 N–H and O–H groups in total. The molecule has 1 aliphatic heterocycles. The number of aryl methyl sites for hydroxylation is 2. The molecule has 1 aromatic carbocycles. The van der Waals surface area contributed by atoms with Crippen LogP contribution in [0.15, 0.2) is 18.2 Å². The second-order valence-electron chi connectivity index (χ2n) is 5.81. The van der Waals surface area contributed by atoms with Crippen LogP contribution in [0.5, 0.6) is 0 Å². The van der Waals surface area contributed by atoms with Crippen LogP contribution in [0.2, 0.25) is 0 Å². The number of halogens is 1. The number of rotatable bonds is 5. The summed E-state index contributed by atoms with van der Waals surface area (Å²) < 4.78 is 0. The number of hydrogen-bond donors (Lipinski definition) is 2. The fourth-order valence-electron chi connectivity index (χ4n) is 2.78. The summed E-state index contributed by atoms with van der Waals surface area (Å²) in [5.41, 5.74) is 3.21. The topological polar surface area (TPSA) is 44.4 Å². The van der Waals surface area contributed by atoms with Gasteiger partial charge in [0.1, 0.15) is 0 Å². The van der Waals surface area contributed by atoms with E-state index < -0.39 is 0 Å². The molecule has 1 fully saturated rings. The molecule has 1 atom stereocenters. The molecule has 1 amide bonds. The number of carbonyl (C=O) groups excluding carboxylic acids is 1. The zero-order chi connectivity index (χ0) is 14.5. The van der Waals surface area contributed by atoms with E-state index in [1.54, 1.807) is 0 Å². The van der Waals surface area contributed by atoms with Gasteiger partial charge in [0.05, 0.1) is 6.54 Å². The molecule has 1 aliphatic rings. The quantitative estimate of drug-likeness (QED) is 0.876. The smallest absolute Gasteiger partial charge is 0.238 e. The van der Waals surface area contributed by atoms with Gasteiger partial charge in [-0.15, -0.1) is 12.4 Å². The van der Waals surface area contributed by atoms with E-state index in [2.05, 4.69) is 21.6 Å². The minimum absolute atomic E-state index is 0. The summed E-state index contributed by atoms with van der Waals surface area (Å²) in [5, 5.41) is 6.24. The highest BCUT2D eigenvalue weighted by molar-refractivity contribution is 5.93. The SMILES string of the molecule is CNCC1CCN(CC(=O)Nc2cc(C)ccc2C)C1.Cl. The molecule has 0 aliphatic carbocycles. The maximum atomic E-state index is 12.1. The van der Waals surface area contributed by atoms with Crippen molar-refractivity contribution in [2.75, 3.05) is 38.5 Å². The second kappa shape index (κ2) is 8.37. The van der Waals surface area contributed by atoms with Crippen LogP contribution >= 0.6 is 12.4 Å². The van der Waals surface area contributed by atoms with Crippen LogP contribution in [0.4, 0.5) is 5.69 Å². The summed E-state index contributed by atoms with van der Waals surface area (Å²) in [7, 11) is 1.98. The minimum atomic E-state index is 0. The molecule has 5 heteroatoms. The Hall–Kier alpha value is -1.10. The molecular formula is C16H26ClN3O. The largest absolute Gasteiger partial charge is 0.325 e. The molecule has 1 aromatic rings. The summed E-state index contributed by atoms with van der Waals surface area (Å²) in [6.45, 7) is 7.63. The number of amides is 1. The molecule has 0 bridgehead atoms. The molecular weight excluding hydrogens is 286 g/mol. The first kappa shape index (κ1) is 18.0. The average molecular weight is 312 g/mol. The zero-order valence-corrected chi connectivity index (χ0v) is 13.9. The predicted molar refractivity (Wildman–Crippen MR) is 90.3 cm³/mol. The highest BCUT2D eigenvalue weighted by Crippen LogP contribution is 2.18. The number of nitrogens with zero attached hydrogens (tertiary/aromatic N) is 1. The van der Waals surface area contributed by atoms with Crippen LogP contribution in [0.3, 0.4) is 0 Å². The highest BCUT2D eigenvalue weighted by Gasteiger charge is 2.23. The summed E-state index contributed by atoms with van der Waals surface area (Å²) >= 11 is 0. The molecule has 1 saturated heterocycles. The van der Waals surface area contributed by atoms with Crippen molar-refractivity contribution in [3.8, 4) is 0 Å². The zero-order valence-electron chi connectivity index (χ0n) is 13.1. The summed E-state index contributed by atoms with van der Waals surface area (Å²) in [6.07, 6.45) is 1.18. The first-order valence-corrected chi connectivity index (χ1v) is 7.32. The number of nitrogens with one attached hydrogen (secondary N) is 2. The van der Waals surface area contributed by atoms with Crippen LogP contribution < -0.4 is 10.6 Å². The van der Waals surface area contributed by atoms with Crippen LogP contribution in [0.25, 0.3) is 0 Å². The van der Waals surface area contributed by atoms with E-state index in [1.807, 2.05) is 33.0 Å². The molecule has 0 radical (unpaired) electrons. The van der Waals surface area contributed by atoms with Crippen molar-refractivity contribution in [1.82, 2.24) is 10.2 Å². The van der Waals surface area contributed by atoms with E-state index in [1.165, 1.54) is 12.0 Å². The third-order valence-corrected chi connectivity index (χ3v) is 3.90. The molecule has 2 rings (SSSR count). The lowest BCUT2D eigenvalue weighted by Gasteiger charge is -2.16. The Kier molecular flexibility index (Phi) is 7.15. The van der Waals surface area contributed by atoms with E-state index in [9.17, 15) is 4.79 Å². The van der Waals surface area contributed by atoms with Gasteiger partial charge in [0, 0.05) is 12.2 Å². The Labute approximate surface area is 133 Å². The number of carbonyl (C=O) groups is 1. The van der Waals surface area contributed by atoms with Gasteiger partial charge >= 0.3 is 0 Å². The monoisotopic (exact) mass is 311 g/mol. The van der Waals surface area contributed by atoms with Crippen molar-refractivity contribution in [1.29, 1.82) is 0 Å². The van der Waals surface area contributed by atoms with Crippen LogP contribution in [0.1, 0.15) is 17.5 Å². The third-order valence-electron chi connectivity index (χ3n) is 3.90. The highest BCUT2D eigenvalue weighted by atomic mass is 35.5. The first-order chi connectivity index (χ1) is 9.58.